The fraction of sp³-hybridized carbons (Fsp3) is 0.214. The molecule has 1 aliphatic heterocycles. The minimum Gasteiger partial charge on any atom is -0.493 e. The second kappa shape index (κ2) is 9.47. The van der Waals surface area contributed by atoms with E-state index in [2.05, 4.69) is 5.16 Å². The van der Waals surface area contributed by atoms with Gasteiger partial charge in [0.15, 0.2) is 11.5 Å². The number of benzene rings is 3. The Labute approximate surface area is 209 Å². The van der Waals surface area contributed by atoms with E-state index in [1.807, 2.05) is 71.6 Å². The molecule has 6 nitrogen and oxygen atoms in total. The summed E-state index contributed by atoms with van der Waals surface area (Å²) < 4.78 is 16.6. The first kappa shape index (κ1) is 23.0. The molecule has 1 amide bonds. The van der Waals surface area contributed by atoms with Crippen molar-refractivity contribution in [1.82, 2.24) is 10.1 Å². The van der Waals surface area contributed by atoms with E-state index in [1.165, 1.54) is 0 Å². The number of halogens is 1. The Morgan fingerprint density at radius 1 is 1.00 bits per heavy atom. The Balaban J connectivity index is 1.67. The fourth-order valence-electron chi connectivity index (χ4n) is 4.76. The van der Waals surface area contributed by atoms with Gasteiger partial charge in [-0.2, -0.15) is 0 Å². The molecule has 4 aromatic rings. The first-order chi connectivity index (χ1) is 17.0. The molecule has 3 aromatic carbocycles. The fourth-order valence-corrected chi connectivity index (χ4v) is 5.00. The molecule has 0 N–H and O–H groups in total. The van der Waals surface area contributed by atoms with Gasteiger partial charge in [0.05, 0.1) is 20.3 Å². The topological polar surface area (TPSA) is 64.8 Å². The summed E-state index contributed by atoms with van der Waals surface area (Å²) in [6.07, 6.45) is 0.660. The van der Waals surface area contributed by atoms with Gasteiger partial charge in [-0.15, -0.1) is 0 Å². The zero-order valence-corrected chi connectivity index (χ0v) is 20.5. The summed E-state index contributed by atoms with van der Waals surface area (Å²) in [5.74, 6) is 1.58. The molecule has 1 aliphatic rings. The molecular formula is C28H25ClN2O4. The number of rotatable bonds is 5. The van der Waals surface area contributed by atoms with Crippen LogP contribution in [0.2, 0.25) is 5.02 Å². The molecule has 0 radical (unpaired) electrons. The van der Waals surface area contributed by atoms with Crippen LogP contribution in [0.25, 0.3) is 11.3 Å². The van der Waals surface area contributed by atoms with Gasteiger partial charge in [-0.25, -0.2) is 0 Å². The maximum absolute atomic E-state index is 14.2. The van der Waals surface area contributed by atoms with Crippen molar-refractivity contribution in [2.45, 2.75) is 19.4 Å². The Hall–Kier alpha value is -3.77. The van der Waals surface area contributed by atoms with Gasteiger partial charge in [-0.3, -0.25) is 4.79 Å². The number of aryl methyl sites for hydroxylation is 1. The van der Waals surface area contributed by atoms with E-state index in [1.54, 1.807) is 21.1 Å². The molecule has 7 heteroatoms. The predicted octanol–water partition coefficient (Wildman–Crippen LogP) is 6.11. The molecule has 0 aliphatic carbocycles. The molecule has 5 rings (SSSR count). The summed E-state index contributed by atoms with van der Waals surface area (Å²) in [4.78, 5) is 16.0. The van der Waals surface area contributed by atoms with Gasteiger partial charge in [-0.1, -0.05) is 65.3 Å². The molecule has 0 unspecified atom stereocenters. The second-order valence-corrected chi connectivity index (χ2v) is 8.81. The third-order valence-electron chi connectivity index (χ3n) is 6.46. The van der Waals surface area contributed by atoms with Crippen LogP contribution in [0.3, 0.4) is 0 Å². The Bertz CT molecular complexity index is 1380. The summed E-state index contributed by atoms with van der Waals surface area (Å²) in [6.45, 7) is 2.26. The molecule has 0 saturated carbocycles. The Morgan fingerprint density at radius 2 is 1.69 bits per heavy atom. The quantitative estimate of drug-likeness (QED) is 0.339. The van der Waals surface area contributed by atoms with Crippen LogP contribution < -0.4 is 9.47 Å². The van der Waals surface area contributed by atoms with Gasteiger partial charge in [0.2, 0.25) is 0 Å². The minimum absolute atomic E-state index is 0.159. The van der Waals surface area contributed by atoms with Crippen molar-refractivity contribution in [1.29, 1.82) is 0 Å². The number of amides is 1. The van der Waals surface area contributed by atoms with Crippen LogP contribution in [0.4, 0.5) is 0 Å². The molecule has 1 aromatic heterocycles. The van der Waals surface area contributed by atoms with E-state index in [-0.39, 0.29) is 5.91 Å². The third-order valence-corrected chi connectivity index (χ3v) is 6.80. The number of carbonyl (C=O) groups is 1. The van der Waals surface area contributed by atoms with Gasteiger partial charge in [0.1, 0.15) is 17.0 Å². The van der Waals surface area contributed by atoms with Gasteiger partial charge in [0, 0.05) is 17.1 Å². The standard InChI is InChI=1S/C28H25ClN2O4/c1-17-25(26(30-35-17)18-9-5-4-6-10-18)28(32)31-14-13-19-15-23(33-2)24(34-3)16-21(19)27(31)20-11-7-8-12-22(20)29/h4-12,15-16,27H,13-14H2,1-3H3/t27-/m1/s1. The maximum atomic E-state index is 14.2. The average molecular weight is 489 g/mol. The van der Waals surface area contributed by atoms with Crippen LogP contribution in [0.1, 0.15) is 38.9 Å². The number of fused-ring (bicyclic) bond motifs is 1. The Morgan fingerprint density at radius 3 is 2.40 bits per heavy atom. The molecule has 0 bridgehead atoms. The first-order valence-corrected chi connectivity index (χ1v) is 11.7. The summed E-state index contributed by atoms with van der Waals surface area (Å²) in [6, 6.07) is 20.7. The highest BCUT2D eigenvalue weighted by atomic mass is 35.5. The van der Waals surface area contributed by atoms with Gasteiger partial charge in [-0.05, 0) is 48.2 Å². The largest absolute Gasteiger partial charge is 0.493 e. The lowest BCUT2D eigenvalue weighted by atomic mass is 9.87. The molecule has 1 atom stereocenters. The number of aromatic nitrogens is 1. The number of nitrogens with zero attached hydrogens (tertiary/aromatic N) is 2. The second-order valence-electron chi connectivity index (χ2n) is 8.41. The van der Waals surface area contributed by atoms with Crippen LogP contribution in [-0.4, -0.2) is 36.7 Å². The molecular weight excluding hydrogens is 464 g/mol. The monoisotopic (exact) mass is 488 g/mol. The summed E-state index contributed by atoms with van der Waals surface area (Å²) in [5, 5.41) is 4.81. The summed E-state index contributed by atoms with van der Waals surface area (Å²) in [5.41, 5.74) is 4.69. The van der Waals surface area contributed by atoms with Crippen LogP contribution in [-0.2, 0) is 6.42 Å². The van der Waals surface area contributed by atoms with E-state index >= 15 is 0 Å². The lowest BCUT2D eigenvalue weighted by Gasteiger charge is -2.38. The van der Waals surface area contributed by atoms with Gasteiger partial charge in [0.25, 0.3) is 5.91 Å². The van der Waals surface area contributed by atoms with E-state index in [9.17, 15) is 4.79 Å². The van der Waals surface area contributed by atoms with Crippen molar-refractivity contribution in [2.24, 2.45) is 0 Å². The highest BCUT2D eigenvalue weighted by Crippen LogP contribution is 2.43. The van der Waals surface area contributed by atoms with E-state index in [4.69, 9.17) is 25.6 Å². The zero-order valence-electron chi connectivity index (χ0n) is 19.7. The van der Waals surface area contributed by atoms with Crippen molar-refractivity contribution >= 4 is 17.5 Å². The van der Waals surface area contributed by atoms with Crippen LogP contribution in [0.5, 0.6) is 11.5 Å². The number of hydrogen-bond donors (Lipinski definition) is 0. The van der Waals surface area contributed by atoms with Crippen LogP contribution >= 0.6 is 11.6 Å². The number of methoxy groups -OCH3 is 2. The van der Waals surface area contributed by atoms with Gasteiger partial charge < -0.3 is 18.9 Å². The summed E-state index contributed by atoms with van der Waals surface area (Å²) in [7, 11) is 3.22. The Kier molecular flexibility index (Phi) is 6.22. The van der Waals surface area contributed by atoms with Crippen molar-refractivity contribution < 1.29 is 18.8 Å². The number of ether oxygens (including phenoxy) is 2. The first-order valence-electron chi connectivity index (χ1n) is 11.3. The lowest BCUT2D eigenvalue weighted by Crippen LogP contribution is -2.41. The van der Waals surface area contributed by atoms with Crippen LogP contribution in [0.15, 0.2) is 71.3 Å². The third kappa shape index (κ3) is 4.04. The molecule has 0 saturated heterocycles. The smallest absolute Gasteiger partial charge is 0.260 e. The molecule has 0 fully saturated rings. The minimum atomic E-state index is -0.419. The SMILES string of the molecule is COc1cc2c(cc1OC)[C@@H](c1ccccc1Cl)N(C(=O)c1c(-c3ccccc3)noc1C)CC2. The average Bonchev–Trinajstić information content (AvgIpc) is 3.28. The van der Waals surface area contributed by atoms with Crippen molar-refractivity contribution in [3.8, 4) is 22.8 Å². The van der Waals surface area contributed by atoms with Crippen molar-refractivity contribution in [3.05, 3.63) is 99.8 Å². The highest BCUT2D eigenvalue weighted by Gasteiger charge is 2.37. The lowest BCUT2D eigenvalue weighted by molar-refractivity contribution is 0.0693. The number of carbonyl (C=O) groups excluding carboxylic acids is 1. The molecule has 35 heavy (non-hydrogen) atoms. The van der Waals surface area contributed by atoms with E-state index < -0.39 is 6.04 Å². The zero-order chi connectivity index (χ0) is 24.5. The molecule has 0 spiro atoms. The van der Waals surface area contributed by atoms with Crippen LogP contribution in [0, 0.1) is 6.92 Å². The highest BCUT2D eigenvalue weighted by molar-refractivity contribution is 6.31. The predicted molar refractivity (Wildman–Crippen MR) is 134 cm³/mol. The van der Waals surface area contributed by atoms with Gasteiger partial charge >= 0.3 is 0 Å². The van der Waals surface area contributed by atoms with Crippen molar-refractivity contribution in [2.75, 3.05) is 20.8 Å². The molecule has 2 heterocycles. The van der Waals surface area contributed by atoms with E-state index in [0.717, 1.165) is 22.3 Å². The maximum Gasteiger partial charge on any atom is 0.260 e. The number of hydrogen-bond acceptors (Lipinski definition) is 5. The normalized spacial score (nSPS) is 15.0. The van der Waals surface area contributed by atoms with Crippen molar-refractivity contribution in [3.63, 3.8) is 0 Å². The van der Waals surface area contributed by atoms with E-state index in [0.29, 0.717) is 46.5 Å². The summed E-state index contributed by atoms with van der Waals surface area (Å²) >= 11 is 6.68. The molecule has 178 valence electrons.